The van der Waals surface area contributed by atoms with Gasteiger partial charge in [-0.25, -0.2) is 4.57 Å². The molecule has 31 heavy (non-hydrogen) atoms. The smallest absolute Gasteiger partial charge is 0.379 e. The van der Waals surface area contributed by atoms with Crippen LogP contribution < -0.4 is 17.0 Å². The summed E-state index contributed by atoms with van der Waals surface area (Å²) in [6.45, 7) is 3.02. The molecule has 2 aromatic rings. The molecular formula is C23H37Cl2N3O2S. The number of nitrogens with zero attached hydrogens (tertiary/aromatic N) is 3. The van der Waals surface area contributed by atoms with Gasteiger partial charge in [0.05, 0.1) is 17.1 Å². The van der Waals surface area contributed by atoms with Crippen molar-refractivity contribution < 1.29 is 25.4 Å². The van der Waals surface area contributed by atoms with E-state index in [2.05, 4.69) is 6.92 Å². The fraction of sp³-hybridized carbons (Fsp3) is 0.609. The fourth-order valence-corrected chi connectivity index (χ4v) is 4.84. The predicted molar refractivity (Wildman–Crippen MR) is 125 cm³/mol. The summed E-state index contributed by atoms with van der Waals surface area (Å²) in [4.78, 5) is 0. The lowest BCUT2D eigenvalue weighted by Gasteiger charge is -2.11. The Morgan fingerprint density at radius 3 is 2.03 bits per heavy atom. The van der Waals surface area contributed by atoms with Crippen molar-refractivity contribution in [2.75, 3.05) is 14.1 Å². The minimum atomic E-state index is -3.63. The van der Waals surface area contributed by atoms with Crippen LogP contribution in [0.25, 0.3) is 11.4 Å². The molecule has 1 heterocycles. The number of aromatic nitrogens is 2. The van der Waals surface area contributed by atoms with Crippen LogP contribution in [-0.2, 0) is 16.8 Å². The lowest BCUT2D eigenvalue weighted by molar-refractivity contribution is -0.685. The third kappa shape index (κ3) is 8.08. The molecule has 0 bridgehead atoms. The van der Waals surface area contributed by atoms with E-state index in [1.54, 1.807) is 12.3 Å². The van der Waals surface area contributed by atoms with Crippen molar-refractivity contribution in [2.45, 2.75) is 77.7 Å². The Balaban J connectivity index is 0.00000480. The van der Waals surface area contributed by atoms with Gasteiger partial charge in [0.25, 0.3) is 0 Å². The fourth-order valence-electron chi connectivity index (χ4n) is 3.64. The minimum Gasteiger partial charge on any atom is -1.00 e. The molecule has 0 atom stereocenters. The second-order valence-electron chi connectivity index (χ2n) is 8.06. The minimum absolute atomic E-state index is 0. The number of benzene rings is 1. The van der Waals surface area contributed by atoms with E-state index in [9.17, 15) is 8.42 Å². The molecule has 0 saturated carbocycles. The topological polar surface area (TPSA) is 46.2 Å². The zero-order chi connectivity index (χ0) is 22.0. The summed E-state index contributed by atoms with van der Waals surface area (Å²) in [7, 11) is -0.554. The summed E-state index contributed by atoms with van der Waals surface area (Å²) in [6.07, 6.45) is 16.2. The standard InChI is InChI=1S/C23H37ClN3O2S.ClH/c1-4-5-6-7-8-9-10-11-12-15-18-26-19-20-27(30(28,29)25(2)3)23(26)21-16-13-14-17-22(21)24;/h13-14,16-17,19-20H,4-12,15,18H2,1-3H3;1H/q+1;/p-1. The van der Waals surface area contributed by atoms with Crippen molar-refractivity contribution in [1.82, 2.24) is 8.28 Å². The quantitative estimate of drug-likeness (QED) is 0.302. The van der Waals surface area contributed by atoms with Gasteiger partial charge in [0.15, 0.2) is 0 Å². The highest BCUT2D eigenvalue weighted by atomic mass is 35.5. The molecule has 0 N–H and O–H groups in total. The van der Waals surface area contributed by atoms with Gasteiger partial charge < -0.3 is 12.4 Å². The average Bonchev–Trinajstić information content (AvgIpc) is 3.14. The summed E-state index contributed by atoms with van der Waals surface area (Å²) in [5, 5.41) is 0.545. The maximum Gasteiger partial charge on any atom is 0.379 e. The molecular weight excluding hydrogens is 453 g/mol. The van der Waals surface area contributed by atoms with Gasteiger partial charge in [0.1, 0.15) is 12.4 Å². The van der Waals surface area contributed by atoms with Gasteiger partial charge in [-0.2, -0.15) is 12.7 Å². The van der Waals surface area contributed by atoms with Crippen molar-refractivity contribution in [2.24, 2.45) is 0 Å². The Hall–Kier alpha value is -1.08. The van der Waals surface area contributed by atoms with Crippen LogP contribution in [0.2, 0.25) is 5.02 Å². The molecule has 2 rings (SSSR count). The van der Waals surface area contributed by atoms with E-state index in [4.69, 9.17) is 11.6 Å². The maximum absolute atomic E-state index is 12.8. The van der Waals surface area contributed by atoms with Crippen molar-refractivity contribution >= 4 is 21.8 Å². The molecule has 1 aromatic heterocycles. The molecule has 5 nitrogen and oxygen atoms in total. The Bertz CT molecular complexity index is 883. The largest absolute Gasteiger partial charge is 1.00 e. The van der Waals surface area contributed by atoms with Gasteiger partial charge in [-0.3, -0.25) is 0 Å². The zero-order valence-corrected chi connectivity index (χ0v) is 21.4. The molecule has 0 radical (unpaired) electrons. The highest BCUT2D eigenvalue weighted by Gasteiger charge is 2.31. The highest BCUT2D eigenvalue weighted by molar-refractivity contribution is 7.87. The van der Waals surface area contributed by atoms with Crippen LogP contribution in [-0.4, -0.2) is 30.8 Å². The summed E-state index contributed by atoms with van der Waals surface area (Å²) >= 11 is 6.42. The molecule has 0 amide bonds. The van der Waals surface area contributed by atoms with E-state index in [1.807, 2.05) is 29.0 Å². The third-order valence-electron chi connectivity index (χ3n) is 5.44. The lowest BCUT2D eigenvalue weighted by atomic mass is 10.1. The second kappa shape index (κ2) is 14.1. The Labute approximate surface area is 200 Å². The Morgan fingerprint density at radius 1 is 0.935 bits per heavy atom. The first-order valence-corrected chi connectivity index (χ1v) is 13.0. The van der Waals surface area contributed by atoms with Gasteiger partial charge in [-0.15, -0.1) is 3.97 Å². The lowest BCUT2D eigenvalue weighted by Crippen LogP contribution is -3.00. The number of aryl methyl sites for hydroxylation is 1. The zero-order valence-electron chi connectivity index (χ0n) is 19.1. The van der Waals surface area contributed by atoms with Crippen molar-refractivity contribution in [3.05, 3.63) is 41.7 Å². The van der Waals surface area contributed by atoms with Crippen LogP contribution in [0.1, 0.15) is 71.1 Å². The SMILES string of the molecule is CCCCCCCCCCCC[n+]1ccn(S(=O)(=O)N(C)C)c1-c1ccccc1Cl.[Cl-]. The van der Waals surface area contributed by atoms with Crippen molar-refractivity contribution in [3.8, 4) is 11.4 Å². The first-order chi connectivity index (χ1) is 14.4. The normalized spacial score (nSPS) is 11.6. The first kappa shape index (κ1) is 28.0. The average molecular weight is 491 g/mol. The van der Waals surface area contributed by atoms with E-state index in [0.29, 0.717) is 10.8 Å². The van der Waals surface area contributed by atoms with Crippen LogP contribution in [0, 0.1) is 0 Å². The second-order valence-corrected chi connectivity index (χ2v) is 10.5. The maximum atomic E-state index is 12.8. The van der Waals surface area contributed by atoms with Crippen LogP contribution in [0.3, 0.4) is 0 Å². The summed E-state index contributed by atoms with van der Waals surface area (Å²) in [5.74, 6) is 0.602. The first-order valence-electron chi connectivity index (χ1n) is 11.2. The molecule has 1 aromatic carbocycles. The Kier molecular flexibility index (Phi) is 12.8. The summed E-state index contributed by atoms with van der Waals surface area (Å²) < 4.78 is 30.2. The van der Waals surface area contributed by atoms with Crippen LogP contribution in [0.15, 0.2) is 36.7 Å². The number of hydrogen-bond donors (Lipinski definition) is 0. The van der Waals surface area contributed by atoms with Gasteiger partial charge in [-0.05, 0) is 25.0 Å². The third-order valence-corrected chi connectivity index (χ3v) is 7.48. The van der Waals surface area contributed by atoms with Crippen molar-refractivity contribution in [3.63, 3.8) is 0 Å². The van der Waals surface area contributed by atoms with Crippen LogP contribution >= 0.6 is 11.6 Å². The molecule has 176 valence electrons. The van der Waals surface area contributed by atoms with Gasteiger partial charge in [0, 0.05) is 14.1 Å². The van der Waals surface area contributed by atoms with Gasteiger partial charge >= 0.3 is 16.0 Å². The number of hydrogen-bond acceptors (Lipinski definition) is 2. The van der Waals surface area contributed by atoms with Crippen LogP contribution in [0.4, 0.5) is 0 Å². The van der Waals surface area contributed by atoms with E-state index in [-0.39, 0.29) is 12.4 Å². The van der Waals surface area contributed by atoms with E-state index < -0.39 is 10.2 Å². The summed E-state index contributed by atoms with van der Waals surface area (Å²) in [5.41, 5.74) is 0.724. The van der Waals surface area contributed by atoms with E-state index in [0.717, 1.165) is 24.9 Å². The van der Waals surface area contributed by atoms with E-state index >= 15 is 0 Å². The molecule has 0 saturated heterocycles. The number of unbranched alkanes of at least 4 members (excludes halogenated alkanes) is 9. The van der Waals surface area contributed by atoms with Crippen LogP contribution in [0.5, 0.6) is 0 Å². The summed E-state index contributed by atoms with van der Waals surface area (Å²) in [6, 6.07) is 7.40. The highest BCUT2D eigenvalue weighted by Crippen LogP contribution is 2.27. The van der Waals surface area contributed by atoms with E-state index in [1.165, 1.54) is 73.7 Å². The van der Waals surface area contributed by atoms with Gasteiger partial charge in [-0.1, -0.05) is 82.0 Å². The molecule has 0 unspecified atom stereocenters. The molecule has 0 spiro atoms. The Morgan fingerprint density at radius 2 is 1.48 bits per heavy atom. The number of halogens is 2. The molecule has 0 aliphatic heterocycles. The molecule has 8 heteroatoms. The number of imidazole rings is 1. The molecule has 0 fully saturated rings. The van der Waals surface area contributed by atoms with Crippen molar-refractivity contribution in [1.29, 1.82) is 0 Å². The molecule has 0 aliphatic carbocycles. The number of rotatable bonds is 14. The van der Waals surface area contributed by atoms with Gasteiger partial charge in [0.2, 0.25) is 0 Å². The predicted octanol–water partition coefficient (Wildman–Crippen LogP) is 2.68. The monoisotopic (exact) mass is 489 g/mol. The molecule has 0 aliphatic rings.